The minimum absolute atomic E-state index is 0.167. The maximum Gasteiger partial charge on any atom is 0.191 e. The molecule has 0 radical (unpaired) electrons. The maximum absolute atomic E-state index is 13.6. The van der Waals surface area contributed by atoms with Crippen molar-refractivity contribution in [1.82, 2.24) is 4.90 Å². The minimum Gasteiger partial charge on any atom is -0.378 e. The Balaban J connectivity index is 2.03. The Labute approximate surface area is 111 Å². The molecular weight excluding hydrogens is 247 g/mol. The van der Waals surface area contributed by atoms with E-state index >= 15 is 0 Å². The highest BCUT2D eigenvalue weighted by Crippen LogP contribution is 2.11. The van der Waals surface area contributed by atoms with Gasteiger partial charge >= 0.3 is 0 Å². The number of nitrogens with two attached hydrogens (primary N) is 1. The van der Waals surface area contributed by atoms with Gasteiger partial charge in [0.15, 0.2) is 5.96 Å². The molecule has 0 aromatic heterocycles. The van der Waals surface area contributed by atoms with Crippen LogP contribution in [0.25, 0.3) is 0 Å². The fourth-order valence-electron chi connectivity index (χ4n) is 1.80. The molecule has 2 N–H and O–H groups in total. The molecule has 100 valence electrons. The Kier molecular flexibility index (Phi) is 4.31. The number of nitrogens with zero attached hydrogens (tertiary/aromatic N) is 3. The predicted octanol–water partition coefficient (Wildman–Crippen LogP) is 0.844. The molecule has 0 saturated carbocycles. The summed E-state index contributed by atoms with van der Waals surface area (Å²) >= 11 is 0. The number of hydrogen-bond donors (Lipinski definition) is 1. The second kappa shape index (κ2) is 6.16. The Morgan fingerprint density at radius 3 is 2.84 bits per heavy atom. The van der Waals surface area contributed by atoms with Crippen molar-refractivity contribution in [3.8, 4) is 6.07 Å². The summed E-state index contributed by atoms with van der Waals surface area (Å²) in [6, 6.07) is 6.22. The first-order chi connectivity index (χ1) is 9.20. The predicted molar refractivity (Wildman–Crippen MR) is 68.8 cm³/mol. The molecule has 1 aromatic carbocycles. The second-order valence-electron chi connectivity index (χ2n) is 4.19. The zero-order valence-corrected chi connectivity index (χ0v) is 10.5. The van der Waals surface area contributed by atoms with Crippen LogP contribution in [0.4, 0.5) is 4.39 Å². The molecule has 1 saturated heterocycles. The molecule has 1 aliphatic rings. The lowest BCUT2D eigenvalue weighted by Crippen LogP contribution is -2.44. The van der Waals surface area contributed by atoms with Crippen LogP contribution in [0.2, 0.25) is 0 Å². The summed E-state index contributed by atoms with van der Waals surface area (Å²) in [6.07, 6.45) is 0. The van der Waals surface area contributed by atoms with Crippen LogP contribution < -0.4 is 5.73 Å². The molecule has 0 bridgehead atoms. The molecule has 1 fully saturated rings. The van der Waals surface area contributed by atoms with E-state index in [1.54, 1.807) is 12.1 Å². The molecule has 0 aliphatic carbocycles. The van der Waals surface area contributed by atoms with Crippen LogP contribution in [0.1, 0.15) is 11.1 Å². The van der Waals surface area contributed by atoms with Crippen molar-refractivity contribution in [1.29, 1.82) is 5.26 Å². The maximum atomic E-state index is 13.6. The van der Waals surface area contributed by atoms with Crippen LogP contribution in [-0.2, 0) is 11.3 Å². The van der Waals surface area contributed by atoms with Crippen molar-refractivity contribution >= 4 is 5.96 Å². The lowest BCUT2D eigenvalue weighted by atomic mass is 10.1. The largest absolute Gasteiger partial charge is 0.378 e. The molecule has 5 nitrogen and oxygen atoms in total. The molecule has 6 heteroatoms. The third-order valence-electron chi connectivity index (χ3n) is 2.93. The van der Waals surface area contributed by atoms with E-state index in [4.69, 9.17) is 15.7 Å². The quantitative estimate of drug-likeness (QED) is 0.633. The third kappa shape index (κ3) is 3.42. The van der Waals surface area contributed by atoms with E-state index in [9.17, 15) is 4.39 Å². The van der Waals surface area contributed by atoms with Crippen molar-refractivity contribution < 1.29 is 9.13 Å². The molecule has 1 aromatic rings. The Morgan fingerprint density at radius 2 is 2.21 bits per heavy atom. The zero-order chi connectivity index (χ0) is 13.7. The van der Waals surface area contributed by atoms with E-state index in [1.165, 1.54) is 6.07 Å². The minimum atomic E-state index is -0.433. The number of ether oxygens (including phenoxy) is 1. The molecule has 19 heavy (non-hydrogen) atoms. The summed E-state index contributed by atoms with van der Waals surface area (Å²) in [5.74, 6) is -0.0374. The average molecular weight is 262 g/mol. The van der Waals surface area contributed by atoms with Crippen LogP contribution >= 0.6 is 0 Å². The summed E-state index contributed by atoms with van der Waals surface area (Å²) in [4.78, 5) is 6.08. The van der Waals surface area contributed by atoms with Crippen LogP contribution in [0.3, 0.4) is 0 Å². The number of benzene rings is 1. The van der Waals surface area contributed by atoms with Gasteiger partial charge in [-0.1, -0.05) is 6.07 Å². The van der Waals surface area contributed by atoms with E-state index in [-0.39, 0.29) is 6.54 Å². The van der Waals surface area contributed by atoms with Gasteiger partial charge in [-0.25, -0.2) is 9.38 Å². The molecule has 0 atom stereocenters. The number of aliphatic imine (C=N–C) groups is 1. The summed E-state index contributed by atoms with van der Waals surface area (Å²) < 4.78 is 18.8. The molecular formula is C13H15FN4O. The fourth-order valence-corrected chi connectivity index (χ4v) is 1.80. The van der Waals surface area contributed by atoms with Crippen molar-refractivity contribution in [2.24, 2.45) is 10.7 Å². The van der Waals surface area contributed by atoms with Gasteiger partial charge in [0.25, 0.3) is 0 Å². The first-order valence-corrected chi connectivity index (χ1v) is 6.02. The summed E-state index contributed by atoms with van der Waals surface area (Å²) in [6.45, 7) is 2.82. The number of morpholine rings is 1. The molecule has 1 aliphatic heterocycles. The summed E-state index contributed by atoms with van der Waals surface area (Å²) in [5.41, 5.74) is 6.57. The van der Waals surface area contributed by atoms with Crippen LogP contribution in [0, 0.1) is 17.1 Å². The normalized spacial score (nSPS) is 16.2. The van der Waals surface area contributed by atoms with Crippen molar-refractivity contribution in [3.05, 3.63) is 35.1 Å². The fraction of sp³-hybridized carbons (Fsp3) is 0.385. The highest BCUT2D eigenvalue weighted by molar-refractivity contribution is 5.78. The SMILES string of the molecule is N#Cc1ccc(CN=C(N)N2CCOCC2)c(F)c1. The van der Waals surface area contributed by atoms with Gasteiger partial charge in [-0.2, -0.15) is 5.26 Å². The van der Waals surface area contributed by atoms with E-state index in [2.05, 4.69) is 4.99 Å². The molecule has 0 unspecified atom stereocenters. The van der Waals surface area contributed by atoms with Gasteiger partial charge in [-0.3, -0.25) is 0 Å². The van der Waals surface area contributed by atoms with E-state index < -0.39 is 5.82 Å². The number of halogens is 1. The number of nitriles is 1. The van der Waals surface area contributed by atoms with Crippen molar-refractivity contribution in [2.75, 3.05) is 26.3 Å². The van der Waals surface area contributed by atoms with Crippen molar-refractivity contribution in [2.45, 2.75) is 6.54 Å². The Morgan fingerprint density at radius 1 is 1.47 bits per heavy atom. The first kappa shape index (κ1) is 13.3. The first-order valence-electron chi connectivity index (χ1n) is 6.02. The topological polar surface area (TPSA) is 74.6 Å². The Bertz CT molecular complexity index is 518. The van der Waals surface area contributed by atoms with Crippen molar-refractivity contribution in [3.63, 3.8) is 0 Å². The Hall–Kier alpha value is -2.13. The second-order valence-corrected chi connectivity index (χ2v) is 4.19. The molecule has 1 heterocycles. The third-order valence-corrected chi connectivity index (χ3v) is 2.93. The monoisotopic (exact) mass is 262 g/mol. The summed E-state index contributed by atoms with van der Waals surface area (Å²) in [5, 5.41) is 8.66. The van der Waals surface area contributed by atoms with Crippen LogP contribution in [0.5, 0.6) is 0 Å². The molecule has 0 spiro atoms. The number of guanidine groups is 1. The van der Waals surface area contributed by atoms with Crippen LogP contribution in [0.15, 0.2) is 23.2 Å². The summed E-state index contributed by atoms with van der Waals surface area (Å²) in [7, 11) is 0. The van der Waals surface area contributed by atoms with Gasteiger partial charge in [0.1, 0.15) is 5.82 Å². The lowest BCUT2D eigenvalue weighted by molar-refractivity contribution is 0.0674. The van der Waals surface area contributed by atoms with Gasteiger partial charge in [0.05, 0.1) is 31.4 Å². The molecule has 0 amide bonds. The standard InChI is InChI=1S/C13H15FN4O/c14-12-7-10(8-15)1-2-11(12)9-17-13(16)18-3-5-19-6-4-18/h1-2,7H,3-6,9H2,(H2,16,17). The molecule has 2 rings (SSSR count). The lowest BCUT2D eigenvalue weighted by Gasteiger charge is -2.27. The van der Waals surface area contributed by atoms with Gasteiger partial charge in [0, 0.05) is 18.7 Å². The average Bonchev–Trinajstić information content (AvgIpc) is 2.46. The van der Waals surface area contributed by atoms with E-state index in [0.717, 1.165) is 0 Å². The number of hydrogen-bond acceptors (Lipinski definition) is 3. The van der Waals surface area contributed by atoms with Gasteiger partial charge in [-0.15, -0.1) is 0 Å². The van der Waals surface area contributed by atoms with Gasteiger partial charge in [0.2, 0.25) is 0 Å². The zero-order valence-electron chi connectivity index (χ0n) is 10.5. The number of rotatable bonds is 2. The highest BCUT2D eigenvalue weighted by atomic mass is 19.1. The van der Waals surface area contributed by atoms with Gasteiger partial charge in [-0.05, 0) is 12.1 Å². The van der Waals surface area contributed by atoms with Crippen LogP contribution in [-0.4, -0.2) is 37.2 Å². The van der Waals surface area contributed by atoms with E-state index in [0.29, 0.717) is 43.4 Å². The van der Waals surface area contributed by atoms with Gasteiger partial charge < -0.3 is 15.4 Å². The smallest absolute Gasteiger partial charge is 0.191 e. The highest BCUT2D eigenvalue weighted by Gasteiger charge is 2.12. The van der Waals surface area contributed by atoms with E-state index in [1.807, 2.05) is 11.0 Å².